The molecular formula is C11H21N3O2. The topological polar surface area (TPSA) is 70.2 Å². The average molecular weight is 227 g/mol. The molecule has 3 N–H and O–H groups in total. The van der Waals surface area contributed by atoms with Gasteiger partial charge in [-0.25, -0.2) is 0 Å². The summed E-state index contributed by atoms with van der Waals surface area (Å²) in [5, 5.41) is 8.84. The quantitative estimate of drug-likeness (QED) is 0.535. The Kier molecular flexibility index (Phi) is 5.85. The van der Waals surface area contributed by atoms with E-state index >= 15 is 0 Å². The SMILES string of the molecule is CCC1C(=O)NCCCNCCCNC1=O. The molecule has 0 aromatic heterocycles. The van der Waals surface area contributed by atoms with Gasteiger partial charge < -0.3 is 16.0 Å². The molecular weight excluding hydrogens is 206 g/mol. The molecule has 1 fully saturated rings. The van der Waals surface area contributed by atoms with Gasteiger partial charge in [-0.3, -0.25) is 9.59 Å². The number of carbonyl (C=O) groups is 2. The first-order valence-electron chi connectivity index (χ1n) is 6.02. The molecule has 0 radical (unpaired) electrons. The summed E-state index contributed by atoms with van der Waals surface area (Å²) in [6, 6.07) is 0. The molecule has 1 rings (SSSR count). The first-order valence-corrected chi connectivity index (χ1v) is 6.02. The molecule has 0 bridgehead atoms. The van der Waals surface area contributed by atoms with Gasteiger partial charge in [0.25, 0.3) is 0 Å². The molecule has 0 saturated carbocycles. The Labute approximate surface area is 96.4 Å². The summed E-state index contributed by atoms with van der Waals surface area (Å²) in [4.78, 5) is 23.4. The standard InChI is InChI=1S/C11H21N3O2/c1-2-9-10(15)13-7-3-5-12-6-4-8-14-11(9)16/h9,12H,2-8H2,1H3,(H,13,15)(H,14,16). The lowest BCUT2D eigenvalue weighted by molar-refractivity contribution is -0.135. The van der Waals surface area contributed by atoms with E-state index in [4.69, 9.17) is 0 Å². The van der Waals surface area contributed by atoms with Crippen molar-refractivity contribution in [3.8, 4) is 0 Å². The Hall–Kier alpha value is -1.10. The van der Waals surface area contributed by atoms with E-state index in [2.05, 4.69) is 16.0 Å². The molecule has 5 heteroatoms. The number of hydrogen-bond acceptors (Lipinski definition) is 3. The van der Waals surface area contributed by atoms with Gasteiger partial charge in [-0.1, -0.05) is 6.92 Å². The first-order chi connectivity index (χ1) is 7.75. The van der Waals surface area contributed by atoms with E-state index in [0.717, 1.165) is 25.9 Å². The summed E-state index contributed by atoms with van der Waals surface area (Å²) < 4.78 is 0. The second kappa shape index (κ2) is 7.22. The van der Waals surface area contributed by atoms with E-state index in [1.54, 1.807) is 0 Å². The molecule has 1 saturated heterocycles. The third-order valence-corrected chi connectivity index (χ3v) is 2.70. The van der Waals surface area contributed by atoms with Gasteiger partial charge in [0.15, 0.2) is 0 Å². The second-order valence-corrected chi connectivity index (χ2v) is 4.00. The number of rotatable bonds is 1. The molecule has 1 aliphatic heterocycles. The molecule has 1 heterocycles. The zero-order valence-electron chi connectivity index (χ0n) is 9.84. The Balaban J connectivity index is 2.51. The molecule has 92 valence electrons. The van der Waals surface area contributed by atoms with Gasteiger partial charge in [0.2, 0.25) is 11.8 Å². The molecule has 0 aromatic carbocycles. The highest BCUT2D eigenvalue weighted by atomic mass is 16.2. The molecule has 0 atom stereocenters. The fourth-order valence-corrected chi connectivity index (χ4v) is 1.71. The lowest BCUT2D eigenvalue weighted by atomic mass is 10.0. The number of carbonyl (C=O) groups excluding carboxylic acids is 2. The summed E-state index contributed by atoms with van der Waals surface area (Å²) in [6.45, 7) is 4.94. The molecule has 1 aliphatic rings. The van der Waals surface area contributed by atoms with Crippen LogP contribution in [0.25, 0.3) is 0 Å². The fraction of sp³-hybridized carbons (Fsp3) is 0.818. The highest BCUT2D eigenvalue weighted by molar-refractivity contribution is 6.00. The maximum absolute atomic E-state index is 11.7. The van der Waals surface area contributed by atoms with Gasteiger partial charge in [-0.2, -0.15) is 0 Å². The van der Waals surface area contributed by atoms with Crippen LogP contribution in [0, 0.1) is 5.92 Å². The van der Waals surface area contributed by atoms with Crippen LogP contribution in [0.1, 0.15) is 26.2 Å². The minimum Gasteiger partial charge on any atom is -0.355 e. The number of nitrogens with one attached hydrogen (secondary N) is 3. The van der Waals surface area contributed by atoms with Gasteiger partial charge in [-0.05, 0) is 32.4 Å². The van der Waals surface area contributed by atoms with E-state index in [1.165, 1.54) is 0 Å². The van der Waals surface area contributed by atoms with Gasteiger partial charge in [0.1, 0.15) is 5.92 Å². The van der Waals surface area contributed by atoms with Crippen LogP contribution < -0.4 is 16.0 Å². The fourth-order valence-electron chi connectivity index (χ4n) is 1.71. The van der Waals surface area contributed by atoms with E-state index in [0.29, 0.717) is 19.5 Å². The molecule has 5 nitrogen and oxygen atoms in total. The van der Waals surface area contributed by atoms with Crippen molar-refractivity contribution in [2.75, 3.05) is 26.2 Å². The normalized spacial score (nSPS) is 21.6. The van der Waals surface area contributed by atoms with Crippen LogP contribution in [0.4, 0.5) is 0 Å². The van der Waals surface area contributed by atoms with Gasteiger partial charge in [0.05, 0.1) is 0 Å². The minimum atomic E-state index is -0.535. The highest BCUT2D eigenvalue weighted by Gasteiger charge is 2.23. The van der Waals surface area contributed by atoms with Gasteiger partial charge in [0, 0.05) is 13.1 Å². The molecule has 2 amide bonds. The van der Waals surface area contributed by atoms with Crippen molar-refractivity contribution in [1.82, 2.24) is 16.0 Å². The van der Waals surface area contributed by atoms with E-state index in [9.17, 15) is 9.59 Å². The maximum atomic E-state index is 11.7. The van der Waals surface area contributed by atoms with Gasteiger partial charge in [-0.15, -0.1) is 0 Å². The zero-order chi connectivity index (χ0) is 11.8. The summed E-state index contributed by atoms with van der Waals surface area (Å²) in [6.07, 6.45) is 2.36. The Morgan fingerprint density at radius 3 is 1.94 bits per heavy atom. The Morgan fingerprint density at radius 2 is 1.50 bits per heavy atom. The van der Waals surface area contributed by atoms with Crippen molar-refractivity contribution in [2.45, 2.75) is 26.2 Å². The largest absolute Gasteiger partial charge is 0.355 e. The van der Waals surface area contributed by atoms with Crippen molar-refractivity contribution in [3.05, 3.63) is 0 Å². The number of amides is 2. The first kappa shape index (κ1) is 13.0. The summed E-state index contributed by atoms with van der Waals surface area (Å²) in [5.41, 5.74) is 0. The van der Waals surface area contributed by atoms with Crippen LogP contribution in [0.3, 0.4) is 0 Å². The van der Waals surface area contributed by atoms with Crippen LogP contribution in [0.5, 0.6) is 0 Å². The number of hydrogen-bond donors (Lipinski definition) is 3. The molecule has 0 aliphatic carbocycles. The Morgan fingerprint density at radius 1 is 1.00 bits per heavy atom. The smallest absolute Gasteiger partial charge is 0.232 e. The highest BCUT2D eigenvalue weighted by Crippen LogP contribution is 2.03. The predicted octanol–water partition coefficient (Wildman–Crippen LogP) is -0.372. The van der Waals surface area contributed by atoms with E-state index in [1.807, 2.05) is 6.92 Å². The lowest BCUT2D eigenvalue weighted by Crippen LogP contribution is -2.43. The van der Waals surface area contributed by atoms with Crippen molar-refractivity contribution in [2.24, 2.45) is 5.92 Å². The van der Waals surface area contributed by atoms with Crippen LogP contribution in [-0.4, -0.2) is 38.0 Å². The van der Waals surface area contributed by atoms with Crippen molar-refractivity contribution < 1.29 is 9.59 Å². The molecule has 0 spiro atoms. The monoisotopic (exact) mass is 227 g/mol. The maximum Gasteiger partial charge on any atom is 0.232 e. The van der Waals surface area contributed by atoms with Gasteiger partial charge >= 0.3 is 0 Å². The molecule has 16 heavy (non-hydrogen) atoms. The molecule has 0 unspecified atom stereocenters. The van der Waals surface area contributed by atoms with Crippen molar-refractivity contribution in [1.29, 1.82) is 0 Å². The Bertz CT molecular complexity index is 221. The predicted molar refractivity (Wildman–Crippen MR) is 61.9 cm³/mol. The zero-order valence-corrected chi connectivity index (χ0v) is 9.84. The molecule has 0 aromatic rings. The van der Waals surface area contributed by atoms with E-state index < -0.39 is 5.92 Å². The van der Waals surface area contributed by atoms with E-state index in [-0.39, 0.29) is 11.8 Å². The van der Waals surface area contributed by atoms with Crippen LogP contribution >= 0.6 is 0 Å². The van der Waals surface area contributed by atoms with Crippen molar-refractivity contribution in [3.63, 3.8) is 0 Å². The van der Waals surface area contributed by atoms with Crippen LogP contribution in [0.15, 0.2) is 0 Å². The minimum absolute atomic E-state index is 0.152. The lowest BCUT2D eigenvalue weighted by Gasteiger charge is -2.16. The second-order valence-electron chi connectivity index (χ2n) is 4.00. The third kappa shape index (κ3) is 4.18. The summed E-state index contributed by atoms with van der Waals surface area (Å²) in [7, 11) is 0. The van der Waals surface area contributed by atoms with Crippen molar-refractivity contribution >= 4 is 11.8 Å². The summed E-state index contributed by atoms with van der Waals surface area (Å²) >= 11 is 0. The van der Waals surface area contributed by atoms with Crippen LogP contribution in [0.2, 0.25) is 0 Å². The summed E-state index contributed by atoms with van der Waals surface area (Å²) in [5.74, 6) is -0.839. The van der Waals surface area contributed by atoms with Crippen LogP contribution in [-0.2, 0) is 9.59 Å². The average Bonchev–Trinajstić information content (AvgIpc) is 2.26. The third-order valence-electron chi connectivity index (χ3n) is 2.70.